The van der Waals surface area contributed by atoms with Gasteiger partial charge < -0.3 is 20.7 Å². The minimum Gasteiger partial charge on any atom is -0.479 e. The SMILES string of the molecule is CC1Oc2ccc(NC(=O)NCC3CCN(S(C)(=O)=O)CC3)cc2NC1=O. The zero-order chi connectivity index (χ0) is 19.6. The number of nitrogens with zero attached hydrogens (tertiary/aromatic N) is 1. The molecule has 3 N–H and O–H groups in total. The summed E-state index contributed by atoms with van der Waals surface area (Å²) in [6.45, 7) is 3.11. The van der Waals surface area contributed by atoms with Gasteiger partial charge in [-0.25, -0.2) is 17.5 Å². The van der Waals surface area contributed by atoms with Crippen LogP contribution in [0.2, 0.25) is 0 Å². The summed E-state index contributed by atoms with van der Waals surface area (Å²) in [6.07, 6.45) is 2.10. The van der Waals surface area contributed by atoms with Crippen LogP contribution in [0.15, 0.2) is 18.2 Å². The second-order valence-electron chi connectivity index (χ2n) is 6.90. The number of carbonyl (C=O) groups is 2. The predicted octanol–water partition coefficient (Wildman–Crippen LogP) is 1.20. The fraction of sp³-hybridized carbons (Fsp3) is 0.529. The Labute approximate surface area is 158 Å². The fourth-order valence-corrected chi connectivity index (χ4v) is 4.02. The van der Waals surface area contributed by atoms with E-state index in [9.17, 15) is 18.0 Å². The zero-order valence-electron chi connectivity index (χ0n) is 15.3. The first kappa shape index (κ1) is 19.4. The first-order valence-electron chi connectivity index (χ1n) is 8.84. The Morgan fingerprint density at radius 3 is 2.70 bits per heavy atom. The first-order valence-corrected chi connectivity index (χ1v) is 10.7. The van der Waals surface area contributed by atoms with Crippen molar-refractivity contribution in [1.82, 2.24) is 9.62 Å². The standard InChI is InChI=1S/C17H24N4O5S/c1-11-16(22)20-14-9-13(3-4-15(14)26-11)19-17(23)18-10-12-5-7-21(8-6-12)27(2,24)25/h3-4,9,11-12H,5-8,10H2,1-2H3,(H,20,22)(H2,18,19,23). The molecule has 0 saturated carbocycles. The van der Waals surface area contributed by atoms with Crippen molar-refractivity contribution in [2.45, 2.75) is 25.9 Å². The third-order valence-electron chi connectivity index (χ3n) is 4.76. The Hall–Kier alpha value is -2.33. The van der Waals surface area contributed by atoms with Gasteiger partial charge >= 0.3 is 6.03 Å². The Kier molecular flexibility index (Phi) is 5.56. The summed E-state index contributed by atoms with van der Waals surface area (Å²) in [5.74, 6) is 0.571. The lowest BCUT2D eigenvalue weighted by molar-refractivity contribution is -0.122. The van der Waals surface area contributed by atoms with Gasteiger partial charge in [0.05, 0.1) is 11.9 Å². The average Bonchev–Trinajstić information content (AvgIpc) is 2.61. The van der Waals surface area contributed by atoms with Gasteiger partial charge in [0, 0.05) is 25.3 Å². The Morgan fingerprint density at radius 2 is 2.04 bits per heavy atom. The molecule has 2 heterocycles. The lowest BCUT2D eigenvalue weighted by atomic mass is 9.98. The van der Waals surface area contributed by atoms with Crippen LogP contribution in [0.25, 0.3) is 0 Å². The number of fused-ring (bicyclic) bond motifs is 1. The Balaban J connectivity index is 1.48. The maximum atomic E-state index is 12.1. The summed E-state index contributed by atoms with van der Waals surface area (Å²) < 4.78 is 30.0. The molecule has 0 aromatic heterocycles. The number of rotatable bonds is 4. The van der Waals surface area contributed by atoms with E-state index >= 15 is 0 Å². The van der Waals surface area contributed by atoms with Crippen molar-refractivity contribution in [1.29, 1.82) is 0 Å². The van der Waals surface area contributed by atoms with Crippen LogP contribution in [0.5, 0.6) is 5.75 Å². The van der Waals surface area contributed by atoms with Gasteiger partial charge in [-0.05, 0) is 43.9 Å². The highest BCUT2D eigenvalue weighted by Gasteiger charge is 2.25. The van der Waals surface area contributed by atoms with Gasteiger partial charge in [-0.2, -0.15) is 0 Å². The lowest BCUT2D eigenvalue weighted by Crippen LogP contribution is -2.41. The van der Waals surface area contributed by atoms with Crippen LogP contribution < -0.4 is 20.7 Å². The third kappa shape index (κ3) is 4.89. The molecule has 3 amide bonds. The van der Waals surface area contributed by atoms with Gasteiger partial charge in [0.25, 0.3) is 5.91 Å². The maximum absolute atomic E-state index is 12.1. The summed E-state index contributed by atoms with van der Waals surface area (Å²) in [5, 5.41) is 8.28. The number of amides is 3. The van der Waals surface area contributed by atoms with Gasteiger partial charge in [0.1, 0.15) is 5.75 Å². The fourth-order valence-electron chi connectivity index (χ4n) is 3.14. The van der Waals surface area contributed by atoms with Gasteiger partial charge in [0.15, 0.2) is 6.10 Å². The van der Waals surface area contributed by atoms with Crippen molar-refractivity contribution in [3.63, 3.8) is 0 Å². The number of urea groups is 1. The summed E-state index contributed by atoms with van der Waals surface area (Å²) in [6, 6.07) is 4.69. The summed E-state index contributed by atoms with van der Waals surface area (Å²) in [5.41, 5.74) is 1.06. The lowest BCUT2D eigenvalue weighted by Gasteiger charge is -2.30. The van der Waals surface area contributed by atoms with E-state index < -0.39 is 16.1 Å². The normalized spacial score (nSPS) is 21.0. The molecule has 1 aromatic carbocycles. The van der Waals surface area contributed by atoms with E-state index in [2.05, 4.69) is 16.0 Å². The number of hydrogen-bond acceptors (Lipinski definition) is 5. The molecular formula is C17H24N4O5S. The predicted molar refractivity (Wildman–Crippen MR) is 101 cm³/mol. The molecule has 2 aliphatic heterocycles. The van der Waals surface area contributed by atoms with Crippen LogP contribution in [0.1, 0.15) is 19.8 Å². The molecule has 0 bridgehead atoms. The molecule has 1 unspecified atom stereocenters. The summed E-state index contributed by atoms with van der Waals surface area (Å²) >= 11 is 0. The molecular weight excluding hydrogens is 372 g/mol. The monoisotopic (exact) mass is 396 g/mol. The van der Waals surface area contributed by atoms with Gasteiger partial charge in [-0.1, -0.05) is 0 Å². The van der Waals surface area contributed by atoms with Crippen LogP contribution in [0.3, 0.4) is 0 Å². The molecule has 148 valence electrons. The summed E-state index contributed by atoms with van der Waals surface area (Å²) in [4.78, 5) is 23.8. The van der Waals surface area contributed by atoms with Crippen LogP contribution in [0, 0.1) is 5.92 Å². The van der Waals surface area contributed by atoms with E-state index in [0.717, 1.165) is 0 Å². The molecule has 0 spiro atoms. The maximum Gasteiger partial charge on any atom is 0.319 e. The molecule has 2 aliphatic rings. The molecule has 27 heavy (non-hydrogen) atoms. The highest BCUT2D eigenvalue weighted by atomic mass is 32.2. The van der Waals surface area contributed by atoms with E-state index in [4.69, 9.17) is 4.74 Å². The van der Waals surface area contributed by atoms with Crippen molar-refractivity contribution in [3.05, 3.63) is 18.2 Å². The number of piperidine rings is 1. The minimum absolute atomic E-state index is 0.232. The number of hydrogen-bond donors (Lipinski definition) is 3. The highest BCUT2D eigenvalue weighted by Crippen LogP contribution is 2.32. The van der Waals surface area contributed by atoms with Gasteiger partial charge in [-0.15, -0.1) is 0 Å². The van der Waals surface area contributed by atoms with Crippen molar-refractivity contribution in [3.8, 4) is 5.75 Å². The molecule has 10 heteroatoms. The van der Waals surface area contributed by atoms with Crippen molar-refractivity contribution < 1.29 is 22.7 Å². The minimum atomic E-state index is -3.14. The number of benzene rings is 1. The van der Waals surface area contributed by atoms with E-state index in [0.29, 0.717) is 49.6 Å². The van der Waals surface area contributed by atoms with Crippen LogP contribution >= 0.6 is 0 Å². The van der Waals surface area contributed by atoms with E-state index in [1.807, 2.05) is 0 Å². The third-order valence-corrected chi connectivity index (χ3v) is 6.07. The van der Waals surface area contributed by atoms with Crippen molar-refractivity contribution in [2.75, 3.05) is 36.5 Å². The molecule has 0 radical (unpaired) electrons. The first-order chi connectivity index (χ1) is 12.7. The van der Waals surface area contributed by atoms with Gasteiger partial charge in [-0.3, -0.25) is 4.79 Å². The molecule has 1 aromatic rings. The summed E-state index contributed by atoms with van der Waals surface area (Å²) in [7, 11) is -3.14. The van der Waals surface area contributed by atoms with E-state index in [1.54, 1.807) is 25.1 Å². The quantitative estimate of drug-likeness (QED) is 0.707. The molecule has 9 nitrogen and oxygen atoms in total. The molecule has 0 aliphatic carbocycles. The zero-order valence-corrected chi connectivity index (χ0v) is 16.1. The molecule has 1 saturated heterocycles. The second kappa shape index (κ2) is 7.73. The van der Waals surface area contributed by atoms with Crippen LogP contribution in [-0.2, 0) is 14.8 Å². The van der Waals surface area contributed by atoms with Crippen LogP contribution in [-0.4, -0.2) is 56.7 Å². The number of ether oxygens (including phenoxy) is 1. The number of nitrogens with one attached hydrogen (secondary N) is 3. The van der Waals surface area contributed by atoms with E-state index in [1.165, 1.54) is 10.6 Å². The average molecular weight is 396 g/mol. The number of anilines is 2. The van der Waals surface area contributed by atoms with Crippen molar-refractivity contribution in [2.24, 2.45) is 5.92 Å². The highest BCUT2D eigenvalue weighted by molar-refractivity contribution is 7.88. The number of carbonyl (C=O) groups excluding carboxylic acids is 2. The largest absolute Gasteiger partial charge is 0.479 e. The van der Waals surface area contributed by atoms with Gasteiger partial charge in [0.2, 0.25) is 10.0 Å². The Morgan fingerprint density at radius 1 is 1.33 bits per heavy atom. The van der Waals surface area contributed by atoms with Crippen molar-refractivity contribution >= 4 is 33.3 Å². The topological polar surface area (TPSA) is 117 Å². The molecule has 1 atom stereocenters. The van der Waals surface area contributed by atoms with Crippen LogP contribution in [0.4, 0.5) is 16.2 Å². The smallest absolute Gasteiger partial charge is 0.319 e. The Bertz CT molecular complexity index is 834. The number of sulfonamides is 1. The molecule has 3 rings (SSSR count). The van der Waals surface area contributed by atoms with E-state index in [-0.39, 0.29) is 17.9 Å². The molecule has 1 fully saturated rings. The second-order valence-corrected chi connectivity index (χ2v) is 8.88.